The average Bonchev–Trinajstić information content (AvgIpc) is 2.48. The van der Waals surface area contributed by atoms with Gasteiger partial charge in [0.05, 0.1) is 0 Å². The molecular formula is C18H20O. The van der Waals surface area contributed by atoms with Crippen molar-refractivity contribution < 1.29 is 4.74 Å². The largest absolute Gasteiger partial charge is 0.490 e. The third kappa shape index (κ3) is 3.47. The van der Waals surface area contributed by atoms with Crippen LogP contribution in [0.15, 0.2) is 61.2 Å². The molecule has 1 nitrogen and oxygen atoms in total. The van der Waals surface area contributed by atoms with Gasteiger partial charge in [-0.05, 0) is 30.2 Å². The second kappa shape index (κ2) is 6.24. The first-order valence-corrected chi connectivity index (χ1v) is 6.65. The summed E-state index contributed by atoms with van der Waals surface area (Å²) in [7, 11) is 0. The summed E-state index contributed by atoms with van der Waals surface area (Å²) in [5.74, 6) is 1.26. The van der Waals surface area contributed by atoms with Crippen LogP contribution in [-0.2, 0) is 0 Å². The molecule has 2 rings (SSSR count). The van der Waals surface area contributed by atoms with Gasteiger partial charge in [-0.25, -0.2) is 0 Å². The molecule has 0 aromatic heterocycles. The summed E-state index contributed by atoms with van der Waals surface area (Å²) in [6.45, 7) is 8.05. The summed E-state index contributed by atoms with van der Waals surface area (Å²) in [6.07, 6.45) is 1.97. The first-order chi connectivity index (χ1) is 9.20. The molecule has 0 bridgehead atoms. The zero-order valence-electron chi connectivity index (χ0n) is 11.5. The summed E-state index contributed by atoms with van der Waals surface area (Å²) in [5.41, 5.74) is 2.41. The zero-order chi connectivity index (χ0) is 13.7. The van der Waals surface area contributed by atoms with Crippen molar-refractivity contribution in [3.8, 4) is 5.75 Å². The summed E-state index contributed by atoms with van der Waals surface area (Å²) in [6, 6.07) is 18.5. The van der Waals surface area contributed by atoms with Gasteiger partial charge < -0.3 is 4.74 Å². The van der Waals surface area contributed by atoms with Crippen molar-refractivity contribution in [2.75, 3.05) is 0 Å². The normalized spacial score (nSPS) is 13.6. The molecule has 0 amide bonds. The van der Waals surface area contributed by atoms with E-state index in [0.717, 1.165) is 11.3 Å². The van der Waals surface area contributed by atoms with Crippen LogP contribution in [0, 0.1) is 0 Å². The van der Waals surface area contributed by atoms with Gasteiger partial charge in [0.15, 0.2) is 0 Å². The average molecular weight is 252 g/mol. The highest BCUT2D eigenvalue weighted by molar-refractivity contribution is 5.48. The van der Waals surface area contributed by atoms with Crippen LogP contribution < -0.4 is 4.74 Å². The molecule has 0 fully saturated rings. The third-order valence-corrected chi connectivity index (χ3v) is 3.47. The van der Waals surface area contributed by atoms with Crippen molar-refractivity contribution in [3.63, 3.8) is 0 Å². The molecule has 19 heavy (non-hydrogen) atoms. The molecule has 0 spiro atoms. The van der Waals surface area contributed by atoms with Gasteiger partial charge in [0.1, 0.15) is 11.9 Å². The molecule has 2 atom stereocenters. The van der Waals surface area contributed by atoms with E-state index < -0.39 is 0 Å². The van der Waals surface area contributed by atoms with E-state index in [1.807, 2.05) is 36.4 Å². The van der Waals surface area contributed by atoms with Gasteiger partial charge in [-0.3, -0.25) is 0 Å². The van der Waals surface area contributed by atoms with E-state index in [1.165, 1.54) is 5.56 Å². The standard InChI is InChI=1S/C18H20O/c1-4-16-10-12-18(13-11-16)19-15(3)14(2)17-8-6-5-7-9-17/h4-15H,1H2,2-3H3. The SMILES string of the molecule is C=Cc1ccc(OC(C)C(C)c2ccccc2)cc1. The van der Waals surface area contributed by atoms with Crippen LogP contribution in [0.3, 0.4) is 0 Å². The second-order valence-corrected chi connectivity index (χ2v) is 4.80. The summed E-state index contributed by atoms with van der Waals surface area (Å²) in [4.78, 5) is 0. The molecule has 98 valence electrons. The van der Waals surface area contributed by atoms with Crippen molar-refractivity contribution >= 4 is 6.08 Å². The molecule has 2 aromatic rings. The maximum Gasteiger partial charge on any atom is 0.119 e. The predicted octanol–water partition coefficient (Wildman–Crippen LogP) is 4.90. The van der Waals surface area contributed by atoms with E-state index in [4.69, 9.17) is 4.74 Å². The Bertz CT molecular complexity index is 513. The Hall–Kier alpha value is -2.02. The molecule has 0 saturated heterocycles. The highest BCUT2D eigenvalue weighted by atomic mass is 16.5. The third-order valence-electron chi connectivity index (χ3n) is 3.47. The lowest BCUT2D eigenvalue weighted by molar-refractivity contribution is 0.195. The predicted molar refractivity (Wildman–Crippen MR) is 81.5 cm³/mol. The zero-order valence-corrected chi connectivity index (χ0v) is 11.5. The Morgan fingerprint density at radius 1 is 0.947 bits per heavy atom. The number of benzene rings is 2. The second-order valence-electron chi connectivity index (χ2n) is 4.80. The van der Waals surface area contributed by atoms with Crippen molar-refractivity contribution in [3.05, 3.63) is 72.3 Å². The summed E-state index contributed by atoms with van der Waals surface area (Å²) >= 11 is 0. The molecule has 2 aromatic carbocycles. The monoisotopic (exact) mass is 252 g/mol. The molecule has 0 heterocycles. The number of hydrogen-bond donors (Lipinski definition) is 0. The molecule has 0 aliphatic heterocycles. The quantitative estimate of drug-likeness (QED) is 0.735. The Balaban J connectivity index is 2.03. The topological polar surface area (TPSA) is 9.23 Å². The molecule has 0 N–H and O–H groups in total. The number of hydrogen-bond acceptors (Lipinski definition) is 1. The smallest absolute Gasteiger partial charge is 0.119 e. The van der Waals surface area contributed by atoms with E-state index in [0.29, 0.717) is 5.92 Å². The van der Waals surface area contributed by atoms with Gasteiger partial charge in [-0.2, -0.15) is 0 Å². The fourth-order valence-corrected chi connectivity index (χ4v) is 2.03. The first-order valence-electron chi connectivity index (χ1n) is 6.65. The van der Waals surface area contributed by atoms with E-state index in [2.05, 4.69) is 44.7 Å². The van der Waals surface area contributed by atoms with Gasteiger partial charge in [0, 0.05) is 5.92 Å². The van der Waals surface area contributed by atoms with Crippen LogP contribution in [-0.4, -0.2) is 6.10 Å². The molecule has 1 heteroatoms. The highest BCUT2D eigenvalue weighted by Gasteiger charge is 2.15. The molecular weight excluding hydrogens is 232 g/mol. The Morgan fingerprint density at radius 3 is 2.16 bits per heavy atom. The molecule has 2 unspecified atom stereocenters. The van der Waals surface area contributed by atoms with E-state index in [9.17, 15) is 0 Å². The van der Waals surface area contributed by atoms with Crippen LogP contribution in [0.1, 0.15) is 30.9 Å². The maximum absolute atomic E-state index is 6.00. The number of ether oxygens (including phenoxy) is 1. The fraction of sp³-hybridized carbons (Fsp3) is 0.222. The van der Waals surface area contributed by atoms with Crippen LogP contribution in [0.2, 0.25) is 0 Å². The van der Waals surface area contributed by atoms with Gasteiger partial charge in [0.2, 0.25) is 0 Å². The van der Waals surface area contributed by atoms with E-state index in [1.54, 1.807) is 0 Å². The maximum atomic E-state index is 6.00. The molecule has 0 saturated carbocycles. The molecule has 0 aliphatic rings. The summed E-state index contributed by atoms with van der Waals surface area (Å²) < 4.78 is 6.00. The lowest BCUT2D eigenvalue weighted by atomic mass is 9.96. The molecule has 0 radical (unpaired) electrons. The van der Waals surface area contributed by atoms with Gasteiger partial charge in [0.25, 0.3) is 0 Å². The Morgan fingerprint density at radius 2 is 1.58 bits per heavy atom. The van der Waals surface area contributed by atoms with Crippen LogP contribution >= 0.6 is 0 Å². The van der Waals surface area contributed by atoms with Gasteiger partial charge in [-0.1, -0.05) is 62.0 Å². The first kappa shape index (κ1) is 13.4. The van der Waals surface area contributed by atoms with Crippen molar-refractivity contribution in [2.24, 2.45) is 0 Å². The molecule has 0 aliphatic carbocycles. The lowest BCUT2D eigenvalue weighted by Gasteiger charge is -2.22. The Kier molecular flexibility index (Phi) is 4.40. The minimum Gasteiger partial charge on any atom is -0.490 e. The van der Waals surface area contributed by atoms with E-state index >= 15 is 0 Å². The van der Waals surface area contributed by atoms with Crippen molar-refractivity contribution in [2.45, 2.75) is 25.9 Å². The Labute approximate surface area is 115 Å². The van der Waals surface area contributed by atoms with E-state index in [-0.39, 0.29) is 6.10 Å². The van der Waals surface area contributed by atoms with Crippen LogP contribution in [0.4, 0.5) is 0 Å². The van der Waals surface area contributed by atoms with Crippen LogP contribution in [0.25, 0.3) is 6.08 Å². The van der Waals surface area contributed by atoms with Gasteiger partial charge >= 0.3 is 0 Å². The highest BCUT2D eigenvalue weighted by Crippen LogP contribution is 2.23. The fourth-order valence-electron chi connectivity index (χ4n) is 2.03. The minimum absolute atomic E-state index is 0.136. The minimum atomic E-state index is 0.136. The van der Waals surface area contributed by atoms with Crippen molar-refractivity contribution in [1.29, 1.82) is 0 Å². The van der Waals surface area contributed by atoms with Crippen LogP contribution in [0.5, 0.6) is 5.75 Å². The van der Waals surface area contributed by atoms with Crippen molar-refractivity contribution in [1.82, 2.24) is 0 Å². The van der Waals surface area contributed by atoms with Gasteiger partial charge in [-0.15, -0.1) is 0 Å². The lowest BCUT2D eigenvalue weighted by Crippen LogP contribution is -2.19. The number of rotatable bonds is 5. The summed E-state index contributed by atoms with van der Waals surface area (Å²) in [5, 5.41) is 0.